The molecule has 0 unspecified atom stereocenters. The van der Waals surface area contributed by atoms with Gasteiger partial charge in [0.15, 0.2) is 6.04 Å². The first kappa shape index (κ1) is 17.1. The zero-order valence-electron chi connectivity index (χ0n) is 14.2. The smallest absolute Gasteiger partial charge is 0.166 e. The topological polar surface area (TPSA) is 44.6 Å². The van der Waals surface area contributed by atoms with Crippen molar-refractivity contribution in [2.45, 2.75) is 6.04 Å². The number of para-hydroxylation sites is 1. The molecule has 4 N–H and O–H groups in total. The predicted octanol–water partition coefficient (Wildman–Crippen LogP) is 1.04. The summed E-state index contributed by atoms with van der Waals surface area (Å²) < 4.78 is 5.56. The van der Waals surface area contributed by atoms with Crippen LogP contribution in [0.4, 0.5) is 5.69 Å². The highest BCUT2D eigenvalue weighted by Gasteiger charge is 2.31. The molecule has 0 aromatic heterocycles. The second-order valence-electron chi connectivity index (χ2n) is 6.21. The van der Waals surface area contributed by atoms with Crippen LogP contribution in [0.25, 0.3) is 0 Å². The summed E-state index contributed by atoms with van der Waals surface area (Å²) in [6.45, 7) is 5.10. The highest BCUT2D eigenvalue weighted by molar-refractivity contribution is 6.30. The van der Waals surface area contributed by atoms with Crippen LogP contribution in [-0.2, 0) is 0 Å². The average Bonchev–Trinajstić information content (AvgIpc) is 2.63. The van der Waals surface area contributed by atoms with Crippen molar-refractivity contribution in [1.29, 1.82) is 0 Å². The van der Waals surface area contributed by atoms with Gasteiger partial charge in [-0.15, -0.1) is 0 Å². The summed E-state index contributed by atoms with van der Waals surface area (Å²) in [6.07, 6.45) is 0. The van der Waals surface area contributed by atoms with Gasteiger partial charge in [-0.2, -0.15) is 0 Å². The number of hydrogen-bond acceptors (Lipinski definition) is 2. The predicted molar refractivity (Wildman–Crippen MR) is 97.9 cm³/mol. The molecule has 5 heteroatoms. The molecular formula is C19H26ClN3O+2. The Labute approximate surface area is 148 Å². The van der Waals surface area contributed by atoms with Gasteiger partial charge in [-0.3, -0.25) is 0 Å². The molecule has 2 aromatic carbocycles. The van der Waals surface area contributed by atoms with Gasteiger partial charge in [0, 0.05) is 10.7 Å². The highest BCUT2D eigenvalue weighted by Crippen LogP contribution is 2.23. The fraction of sp³-hybridized carbons (Fsp3) is 0.368. The SMILES string of the molecule is COc1ccccc1[C@@H](C[NH3+])[NH+]1CCN(c2cccc(Cl)c2)CC1. The van der Waals surface area contributed by atoms with Gasteiger partial charge in [-0.25, -0.2) is 0 Å². The van der Waals surface area contributed by atoms with Crippen LogP contribution in [0.5, 0.6) is 5.75 Å². The first-order chi connectivity index (χ1) is 11.7. The van der Waals surface area contributed by atoms with Crippen LogP contribution in [0.3, 0.4) is 0 Å². The van der Waals surface area contributed by atoms with E-state index in [2.05, 4.69) is 28.8 Å². The number of rotatable bonds is 5. The number of ether oxygens (including phenoxy) is 1. The zero-order chi connectivity index (χ0) is 16.9. The largest absolute Gasteiger partial charge is 0.496 e. The monoisotopic (exact) mass is 347 g/mol. The van der Waals surface area contributed by atoms with E-state index in [0.717, 1.165) is 43.5 Å². The standard InChI is InChI=1S/C19H24ClN3O/c1-24-19-8-3-2-7-17(19)18(14-21)23-11-9-22(10-12-23)16-6-4-5-15(20)13-16/h2-8,13,18H,9-12,14,21H2,1H3/p+2/t18-/m1/s1. The number of halogens is 1. The van der Waals surface area contributed by atoms with Gasteiger partial charge in [0.25, 0.3) is 0 Å². The van der Waals surface area contributed by atoms with E-state index >= 15 is 0 Å². The molecular weight excluding hydrogens is 322 g/mol. The Morgan fingerprint density at radius 1 is 1.17 bits per heavy atom. The number of benzene rings is 2. The van der Waals surface area contributed by atoms with Crippen molar-refractivity contribution in [2.75, 3.05) is 44.7 Å². The van der Waals surface area contributed by atoms with E-state index in [1.807, 2.05) is 30.3 Å². The molecule has 1 aliphatic rings. The van der Waals surface area contributed by atoms with Crippen molar-refractivity contribution in [3.05, 3.63) is 59.1 Å². The molecule has 0 bridgehead atoms. The Morgan fingerprint density at radius 2 is 1.92 bits per heavy atom. The van der Waals surface area contributed by atoms with Crippen molar-refractivity contribution in [2.24, 2.45) is 0 Å². The van der Waals surface area contributed by atoms with Gasteiger partial charge < -0.3 is 20.3 Å². The molecule has 1 fully saturated rings. The van der Waals surface area contributed by atoms with E-state index in [0.29, 0.717) is 6.04 Å². The lowest BCUT2D eigenvalue weighted by atomic mass is 10.0. The van der Waals surface area contributed by atoms with Crippen LogP contribution in [0.1, 0.15) is 11.6 Å². The minimum absolute atomic E-state index is 0.377. The maximum absolute atomic E-state index is 6.13. The van der Waals surface area contributed by atoms with E-state index in [1.54, 1.807) is 12.0 Å². The zero-order valence-corrected chi connectivity index (χ0v) is 14.9. The second kappa shape index (κ2) is 7.88. The van der Waals surface area contributed by atoms with Crippen LogP contribution in [0, 0.1) is 0 Å². The van der Waals surface area contributed by atoms with E-state index in [1.165, 1.54) is 11.3 Å². The van der Waals surface area contributed by atoms with Gasteiger partial charge in [-0.05, 0) is 30.3 Å². The normalized spacial score (nSPS) is 16.9. The number of nitrogens with one attached hydrogen (secondary N) is 1. The lowest BCUT2D eigenvalue weighted by Crippen LogP contribution is -3.16. The third-order valence-electron chi connectivity index (χ3n) is 4.87. The molecule has 128 valence electrons. The molecule has 1 atom stereocenters. The summed E-state index contributed by atoms with van der Waals surface area (Å²) in [4.78, 5) is 3.99. The van der Waals surface area contributed by atoms with Crippen LogP contribution >= 0.6 is 11.6 Å². The molecule has 1 heterocycles. The van der Waals surface area contributed by atoms with Crippen LogP contribution in [0.2, 0.25) is 5.02 Å². The van der Waals surface area contributed by atoms with Gasteiger partial charge in [0.1, 0.15) is 12.3 Å². The van der Waals surface area contributed by atoms with E-state index in [9.17, 15) is 0 Å². The summed E-state index contributed by atoms with van der Waals surface area (Å²) in [5, 5.41) is 0.798. The second-order valence-corrected chi connectivity index (χ2v) is 6.64. The van der Waals surface area contributed by atoms with E-state index in [4.69, 9.17) is 16.3 Å². The first-order valence-electron chi connectivity index (χ1n) is 8.50. The fourth-order valence-electron chi connectivity index (χ4n) is 3.61. The van der Waals surface area contributed by atoms with Crippen molar-refractivity contribution in [3.8, 4) is 5.75 Å². The van der Waals surface area contributed by atoms with E-state index < -0.39 is 0 Å². The van der Waals surface area contributed by atoms with Gasteiger partial charge in [0.2, 0.25) is 0 Å². The Kier molecular flexibility index (Phi) is 5.61. The van der Waals surface area contributed by atoms with Gasteiger partial charge in [-0.1, -0.05) is 29.8 Å². The molecule has 2 aromatic rings. The molecule has 1 aliphatic heterocycles. The quantitative estimate of drug-likeness (QED) is 0.848. The number of methoxy groups -OCH3 is 1. The summed E-state index contributed by atoms with van der Waals surface area (Å²) in [7, 11) is 1.74. The maximum Gasteiger partial charge on any atom is 0.166 e. The van der Waals surface area contributed by atoms with Crippen LogP contribution in [0.15, 0.2) is 48.5 Å². The summed E-state index contributed by atoms with van der Waals surface area (Å²) in [5.41, 5.74) is 6.67. The number of quaternary nitrogens is 2. The Balaban J connectivity index is 1.70. The molecule has 3 rings (SSSR count). The summed E-state index contributed by atoms with van der Waals surface area (Å²) >= 11 is 6.13. The Hall–Kier alpha value is -1.75. The van der Waals surface area contributed by atoms with Crippen molar-refractivity contribution in [1.82, 2.24) is 0 Å². The molecule has 0 spiro atoms. The lowest BCUT2D eigenvalue weighted by molar-refractivity contribution is -0.938. The molecule has 0 radical (unpaired) electrons. The molecule has 4 nitrogen and oxygen atoms in total. The Bertz CT molecular complexity index is 671. The molecule has 0 amide bonds. The van der Waals surface area contributed by atoms with Crippen molar-refractivity contribution in [3.63, 3.8) is 0 Å². The van der Waals surface area contributed by atoms with Crippen LogP contribution in [-0.4, -0.2) is 39.8 Å². The third kappa shape index (κ3) is 3.66. The Morgan fingerprint density at radius 3 is 2.58 bits per heavy atom. The fourth-order valence-corrected chi connectivity index (χ4v) is 3.79. The van der Waals surface area contributed by atoms with E-state index in [-0.39, 0.29) is 0 Å². The maximum atomic E-state index is 6.13. The molecule has 24 heavy (non-hydrogen) atoms. The first-order valence-corrected chi connectivity index (χ1v) is 8.88. The number of hydrogen-bond donors (Lipinski definition) is 2. The lowest BCUT2D eigenvalue weighted by Gasteiger charge is -2.37. The van der Waals surface area contributed by atoms with Crippen molar-refractivity contribution < 1.29 is 15.4 Å². The van der Waals surface area contributed by atoms with Gasteiger partial charge in [0.05, 0.1) is 38.9 Å². The summed E-state index contributed by atoms with van der Waals surface area (Å²) in [6, 6.07) is 16.8. The summed E-state index contributed by atoms with van der Waals surface area (Å²) in [5.74, 6) is 0.968. The minimum atomic E-state index is 0.377. The average molecular weight is 348 g/mol. The molecule has 1 saturated heterocycles. The van der Waals surface area contributed by atoms with Crippen LogP contribution < -0.4 is 20.3 Å². The number of nitrogens with zero attached hydrogens (tertiary/aromatic N) is 1. The number of anilines is 1. The minimum Gasteiger partial charge on any atom is -0.496 e. The molecule has 0 aliphatic carbocycles. The number of piperazine rings is 1. The van der Waals surface area contributed by atoms with Crippen molar-refractivity contribution >= 4 is 17.3 Å². The highest BCUT2D eigenvalue weighted by atomic mass is 35.5. The van der Waals surface area contributed by atoms with Gasteiger partial charge >= 0.3 is 0 Å². The molecule has 0 saturated carbocycles. The third-order valence-corrected chi connectivity index (χ3v) is 5.11.